The number of nitrogens with zero attached hydrogens (tertiary/aromatic N) is 2. The first kappa shape index (κ1) is 16.0. The summed E-state index contributed by atoms with van der Waals surface area (Å²) >= 11 is 5.82. The maximum absolute atomic E-state index is 11.9. The SMILES string of the molecule is C=C(Cl)CN1CCN(CC(=O)NCc2ccccc2)CC1. The first-order chi connectivity index (χ1) is 10.1. The van der Waals surface area contributed by atoms with Gasteiger partial charge in [-0.2, -0.15) is 0 Å². The van der Waals surface area contributed by atoms with Crippen molar-refractivity contribution < 1.29 is 4.79 Å². The smallest absolute Gasteiger partial charge is 0.234 e. The molecule has 0 unspecified atom stereocenters. The van der Waals surface area contributed by atoms with Gasteiger partial charge < -0.3 is 5.32 Å². The van der Waals surface area contributed by atoms with Gasteiger partial charge in [0.15, 0.2) is 0 Å². The summed E-state index contributed by atoms with van der Waals surface area (Å²) in [4.78, 5) is 16.4. The maximum atomic E-state index is 11.9. The molecule has 1 saturated heterocycles. The average Bonchev–Trinajstić information content (AvgIpc) is 2.48. The molecule has 1 fully saturated rings. The number of carbonyl (C=O) groups is 1. The van der Waals surface area contributed by atoms with Crippen LogP contribution >= 0.6 is 11.6 Å². The van der Waals surface area contributed by atoms with Gasteiger partial charge in [0.2, 0.25) is 5.91 Å². The molecule has 0 bridgehead atoms. The molecule has 0 saturated carbocycles. The van der Waals surface area contributed by atoms with Crippen molar-refractivity contribution in [3.63, 3.8) is 0 Å². The molecular weight excluding hydrogens is 286 g/mol. The predicted molar refractivity (Wildman–Crippen MR) is 86.2 cm³/mol. The Kier molecular flexibility index (Phi) is 6.23. The van der Waals surface area contributed by atoms with Crippen molar-refractivity contribution in [2.45, 2.75) is 6.54 Å². The lowest BCUT2D eigenvalue weighted by atomic mass is 10.2. The standard InChI is InChI=1S/C16H22ClN3O/c1-14(17)12-19-7-9-20(10-8-19)13-16(21)18-11-15-5-3-2-4-6-15/h2-6H,1,7-13H2,(H,18,21). The number of rotatable bonds is 6. The van der Waals surface area contributed by atoms with E-state index in [-0.39, 0.29) is 5.91 Å². The second kappa shape index (κ2) is 8.17. The van der Waals surface area contributed by atoms with Gasteiger partial charge in [-0.3, -0.25) is 14.6 Å². The fourth-order valence-electron chi connectivity index (χ4n) is 2.40. The lowest BCUT2D eigenvalue weighted by Gasteiger charge is -2.34. The number of halogens is 1. The van der Waals surface area contributed by atoms with Crippen molar-refractivity contribution in [3.05, 3.63) is 47.5 Å². The van der Waals surface area contributed by atoms with Gasteiger partial charge >= 0.3 is 0 Å². The van der Waals surface area contributed by atoms with E-state index in [2.05, 4.69) is 21.7 Å². The molecule has 1 aliphatic heterocycles. The molecular formula is C16H22ClN3O. The topological polar surface area (TPSA) is 35.6 Å². The van der Waals surface area contributed by atoms with Crippen LogP contribution in [0.5, 0.6) is 0 Å². The summed E-state index contributed by atoms with van der Waals surface area (Å²) in [6, 6.07) is 9.95. The molecule has 114 valence electrons. The number of piperazine rings is 1. The van der Waals surface area contributed by atoms with E-state index in [1.807, 2.05) is 30.3 Å². The number of hydrogen-bond acceptors (Lipinski definition) is 3. The van der Waals surface area contributed by atoms with E-state index < -0.39 is 0 Å². The molecule has 1 aromatic carbocycles. The van der Waals surface area contributed by atoms with E-state index in [4.69, 9.17) is 11.6 Å². The third-order valence-corrected chi connectivity index (χ3v) is 3.68. The molecule has 1 aromatic rings. The van der Waals surface area contributed by atoms with Crippen LogP contribution in [0.4, 0.5) is 0 Å². The molecule has 1 aliphatic rings. The fourth-order valence-corrected chi connectivity index (χ4v) is 2.57. The van der Waals surface area contributed by atoms with E-state index in [0.29, 0.717) is 18.1 Å². The first-order valence-corrected chi connectivity index (χ1v) is 7.60. The molecule has 21 heavy (non-hydrogen) atoms. The summed E-state index contributed by atoms with van der Waals surface area (Å²) in [7, 11) is 0. The quantitative estimate of drug-likeness (QED) is 0.868. The first-order valence-electron chi connectivity index (χ1n) is 7.22. The van der Waals surface area contributed by atoms with Gasteiger partial charge in [-0.05, 0) is 5.56 Å². The monoisotopic (exact) mass is 307 g/mol. The molecule has 4 nitrogen and oxygen atoms in total. The molecule has 1 N–H and O–H groups in total. The highest BCUT2D eigenvalue weighted by Gasteiger charge is 2.18. The third-order valence-electron chi connectivity index (χ3n) is 3.56. The number of hydrogen-bond donors (Lipinski definition) is 1. The van der Waals surface area contributed by atoms with E-state index >= 15 is 0 Å². The Morgan fingerprint density at radius 3 is 2.24 bits per heavy atom. The molecule has 0 aliphatic carbocycles. The van der Waals surface area contributed by atoms with Crippen LogP contribution in [0.15, 0.2) is 41.9 Å². The van der Waals surface area contributed by atoms with Crippen LogP contribution in [0.2, 0.25) is 0 Å². The van der Waals surface area contributed by atoms with Crippen LogP contribution in [0, 0.1) is 0 Å². The molecule has 1 amide bonds. The van der Waals surface area contributed by atoms with Crippen LogP contribution in [0.3, 0.4) is 0 Å². The van der Waals surface area contributed by atoms with Gasteiger partial charge in [0, 0.05) is 44.3 Å². The fraction of sp³-hybridized carbons (Fsp3) is 0.438. The van der Waals surface area contributed by atoms with Gasteiger partial charge in [0.05, 0.1) is 6.54 Å². The lowest BCUT2D eigenvalue weighted by molar-refractivity contribution is -0.122. The molecule has 2 rings (SSSR count). The molecule has 5 heteroatoms. The van der Waals surface area contributed by atoms with Crippen LogP contribution in [0.25, 0.3) is 0 Å². The lowest BCUT2D eigenvalue weighted by Crippen LogP contribution is -2.49. The number of benzene rings is 1. The third kappa shape index (κ3) is 5.87. The minimum Gasteiger partial charge on any atom is -0.351 e. The molecule has 0 aromatic heterocycles. The highest BCUT2D eigenvalue weighted by atomic mass is 35.5. The molecule has 1 heterocycles. The minimum atomic E-state index is 0.0778. The van der Waals surface area contributed by atoms with Gasteiger partial charge in [-0.25, -0.2) is 0 Å². The maximum Gasteiger partial charge on any atom is 0.234 e. The summed E-state index contributed by atoms with van der Waals surface area (Å²) in [6.45, 7) is 9.14. The summed E-state index contributed by atoms with van der Waals surface area (Å²) in [5, 5.41) is 3.63. The zero-order valence-corrected chi connectivity index (χ0v) is 13.0. The number of nitrogens with one attached hydrogen (secondary N) is 1. The van der Waals surface area contributed by atoms with Crippen LogP contribution < -0.4 is 5.32 Å². The summed E-state index contributed by atoms with van der Waals surface area (Å²) in [5.74, 6) is 0.0778. The summed E-state index contributed by atoms with van der Waals surface area (Å²) in [5.41, 5.74) is 1.12. The highest BCUT2D eigenvalue weighted by Crippen LogP contribution is 2.06. The Bertz CT molecular complexity index is 470. The van der Waals surface area contributed by atoms with E-state index in [1.54, 1.807) is 0 Å². The number of carbonyl (C=O) groups excluding carboxylic acids is 1. The normalized spacial score (nSPS) is 16.6. The van der Waals surface area contributed by atoms with Crippen molar-refractivity contribution in [2.24, 2.45) is 0 Å². The second-order valence-corrected chi connectivity index (χ2v) is 5.87. The number of amides is 1. The zero-order chi connectivity index (χ0) is 15.1. The predicted octanol–water partition coefficient (Wildman–Crippen LogP) is 1.67. The molecule has 0 spiro atoms. The van der Waals surface area contributed by atoms with E-state index in [0.717, 1.165) is 38.3 Å². The largest absolute Gasteiger partial charge is 0.351 e. The molecule has 0 atom stereocenters. The van der Waals surface area contributed by atoms with Gasteiger partial charge in [0.1, 0.15) is 0 Å². The summed E-state index contributed by atoms with van der Waals surface area (Å²) < 4.78 is 0. The minimum absolute atomic E-state index is 0.0778. The van der Waals surface area contributed by atoms with Gasteiger partial charge in [-0.1, -0.05) is 48.5 Å². The van der Waals surface area contributed by atoms with E-state index in [9.17, 15) is 4.79 Å². The Morgan fingerprint density at radius 1 is 1.10 bits per heavy atom. The average molecular weight is 308 g/mol. The van der Waals surface area contributed by atoms with Crippen LogP contribution in [-0.2, 0) is 11.3 Å². The summed E-state index contributed by atoms with van der Waals surface area (Å²) in [6.07, 6.45) is 0. The molecule has 0 radical (unpaired) electrons. The van der Waals surface area contributed by atoms with Gasteiger partial charge in [0.25, 0.3) is 0 Å². The van der Waals surface area contributed by atoms with Crippen molar-refractivity contribution in [1.29, 1.82) is 0 Å². The van der Waals surface area contributed by atoms with Crippen molar-refractivity contribution in [2.75, 3.05) is 39.3 Å². The Hall–Kier alpha value is -1.36. The Balaban J connectivity index is 1.66. The Labute approximate surface area is 131 Å². The highest BCUT2D eigenvalue weighted by molar-refractivity contribution is 6.29. The van der Waals surface area contributed by atoms with E-state index in [1.165, 1.54) is 0 Å². The van der Waals surface area contributed by atoms with Gasteiger partial charge in [-0.15, -0.1) is 0 Å². The second-order valence-electron chi connectivity index (χ2n) is 5.33. The van der Waals surface area contributed by atoms with Crippen LogP contribution in [-0.4, -0.2) is 55.0 Å². The van der Waals surface area contributed by atoms with Crippen LogP contribution in [0.1, 0.15) is 5.56 Å². The Morgan fingerprint density at radius 2 is 1.67 bits per heavy atom. The van der Waals surface area contributed by atoms with Crippen molar-refractivity contribution in [1.82, 2.24) is 15.1 Å². The zero-order valence-electron chi connectivity index (χ0n) is 12.2. The van der Waals surface area contributed by atoms with Crippen molar-refractivity contribution >= 4 is 17.5 Å². The van der Waals surface area contributed by atoms with Crippen molar-refractivity contribution in [3.8, 4) is 0 Å².